The molecule has 0 fully saturated rings. The van der Waals surface area contributed by atoms with Crippen LogP contribution in [0.3, 0.4) is 0 Å². The second-order valence-electron chi connectivity index (χ2n) is 8.34. The smallest absolute Gasteiger partial charge is 0.352 e. The van der Waals surface area contributed by atoms with Crippen LogP contribution in [0.15, 0.2) is 0 Å². The summed E-state index contributed by atoms with van der Waals surface area (Å²) in [5.41, 5.74) is 5.75. The van der Waals surface area contributed by atoms with Crippen molar-refractivity contribution in [3.05, 3.63) is 0 Å². The maximum Gasteiger partial charge on any atom is 0.672 e. The Kier molecular flexibility index (Phi) is 23.9. The summed E-state index contributed by atoms with van der Waals surface area (Å²) in [6, 6.07) is 0.323. The highest BCUT2D eigenvalue weighted by molar-refractivity contribution is 6.82. The molecule has 0 aliphatic heterocycles. The molecule has 0 saturated heterocycles. The van der Waals surface area contributed by atoms with Crippen LogP contribution in [0.25, 0.3) is 0 Å². The van der Waals surface area contributed by atoms with Gasteiger partial charge in [-0.05, 0) is 81.7 Å². The monoisotopic (exact) mass is 665 g/mol. The second-order valence-corrected chi connectivity index (χ2v) is 18.3. The predicted molar refractivity (Wildman–Crippen MR) is 163 cm³/mol. The van der Waals surface area contributed by atoms with E-state index in [1.54, 1.807) is 0 Å². The molecular formula is C24H59NO12Si4. The number of unbranched alkanes of at least 4 members (excludes halogenated alkanes) is 3. The predicted octanol–water partition coefficient (Wildman–Crippen LogP) is 4.13. The molecular weight excluding hydrogens is 607 g/mol. The zero-order valence-electron chi connectivity index (χ0n) is 27.1. The summed E-state index contributed by atoms with van der Waals surface area (Å²) in [4.78, 5) is 0. The molecule has 0 spiro atoms. The summed E-state index contributed by atoms with van der Waals surface area (Å²) in [7, 11) is -15.6. The lowest BCUT2D eigenvalue weighted by Crippen LogP contribution is -2.70. The molecule has 2 N–H and O–H groups in total. The van der Waals surface area contributed by atoms with Crippen molar-refractivity contribution in [2.75, 3.05) is 66.0 Å². The molecule has 17 heteroatoms. The SMILES string of the molecule is CCO[Si](OCC)(OCC)O[Si](CCCCCCN)(O[Si](OCC)(OCC)OCC)O[Si](OCC)(OCC)OCC. The van der Waals surface area contributed by atoms with Crippen molar-refractivity contribution in [3.8, 4) is 0 Å². The van der Waals surface area contributed by atoms with Gasteiger partial charge < -0.3 is 57.9 Å². The third kappa shape index (κ3) is 15.3. The van der Waals surface area contributed by atoms with Crippen molar-refractivity contribution < 1.29 is 52.2 Å². The molecule has 0 aromatic heterocycles. The standard InChI is InChI=1S/C24H59NO12Si4/c1-10-26-39(27-11-2,28-12-3)35-38(24-22-20-19-21-23-25,36-40(29-13-4,30-14-5)31-15-6)37-41(32-16-7,33-17-8)34-18-9/h10-25H2,1-9H3. The van der Waals surface area contributed by atoms with Gasteiger partial charge >= 0.3 is 35.9 Å². The first-order chi connectivity index (χ1) is 19.7. The van der Waals surface area contributed by atoms with Gasteiger partial charge in [0.15, 0.2) is 0 Å². The van der Waals surface area contributed by atoms with Crippen LogP contribution in [-0.2, 0) is 52.2 Å². The quantitative estimate of drug-likeness (QED) is 0.0871. The van der Waals surface area contributed by atoms with E-state index in [1.807, 2.05) is 62.3 Å². The molecule has 13 nitrogen and oxygen atoms in total. The van der Waals surface area contributed by atoms with Crippen molar-refractivity contribution in [1.29, 1.82) is 0 Å². The van der Waals surface area contributed by atoms with E-state index in [0.717, 1.165) is 19.3 Å². The van der Waals surface area contributed by atoms with Crippen LogP contribution < -0.4 is 5.73 Å². The Balaban J connectivity index is 7.27. The molecule has 0 amide bonds. The van der Waals surface area contributed by atoms with Crippen LogP contribution in [0.4, 0.5) is 0 Å². The van der Waals surface area contributed by atoms with Gasteiger partial charge in [-0.15, -0.1) is 0 Å². The van der Waals surface area contributed by atoms with Crippen LogP contribution in [-0.4, -0.2) is 102 Å². The van der Waals surface area contributed by atoms with Crippen molar-refractivity contribution in [2.24, 2.45) is 5.73 Å². The maximum absolute atomic E-state index is 6.87. The molecule has 0 radical (unpaired) electrons. The Morgan fingerprint density at radius 2 is 0.610 bits per heavy atom. The second kappa shape index (κ2) is 23.7. The highest BCUT2D eigenvalue weighted by Crippen LogP contribution is 2.34. The summed E-state index contributed by atoms with van der Waals surface area (Å²) < 4.78 is 75.7. The molecule has 0 aliphatic carbocycles. The summed E-state index contributed by atoms with van der Waals surface area (Å²) in [5.74, 6) is 0. The lowest BCUT2D eigenvalue weighted by Gasteiger charge is -2.43. The number of hydrogen-bond donors (Lipinski definition) is 1. The van der Waals surface area contributed by atoms with Crippen LogP contribution in [0, 0.1) is 0 Å². The van der Waals surface area contributed by atoms with E-state index in [-0.39, 0.29) is 59.5 Å². The van der Waals surface area contributed by atoms with Crippen LogP contribution >= 0.6 is 0 Å². The Morgan fingerprint density at radius 3 is 0.829 bits per heavy atom. The normalized spacial score (nSPS) is 13.3. The van der Waals surface area contributed by atoms with Crippen molar-refractivity contribution in [3.63, 3.8) is 0 Å². The molecule has 0 aliphatic rings. The van der Waals surface area contributed by atoms with Gasteiger partial charge in [0, 0.05) is 65.5 Å². The van der Waals surface area contributed by atoms with E-state index in [9.17, 15) is 0 Å². The zero-order chi connectivity index (χ0) is 31.1. The third-order valence-electron chi connectivity index (χ3n) is 5.17. The molecule has 0 aromatic carbocycles. The number of rotatable bonds is 30. The van der Waals surface area contributed by atoms with E-state index in [2.05, 4.69) is 0 Å². The Labute approximate surface area is 253 Å². The molecule has 0 heterocycles. The molecule has 248 valence electrons. The van der Waals surface area contributed by atoms with E-state index >= 15 is 0 Å². The van der Waals surface area contributed by atoms with E-state index in [1.165, 1.54) is 0 Å². The minimum absolute atomic E-state index is 0.281. The average molecular weight is 666 g/mol. The highest BCUT2D eigenvalue weighted by Gasteiger charge is 2.67. The average Bonchev–Trinajstić information content (AvgIpc) is 2.90. The fourth-order valence-corrected chi connectivity index (χ4v) is 18.0. The van der Waals surface area contributed by atoms with E-state index < -0.39 is 35.9 Å². The molecule has 0 aromatic rings. The molecule has 0 rings (SSSR count). The first kappa shape index (κ1) is 41.3. The fourth-order valence-electron chi connectivity index (χ4n) is 3.86. The van der Waals surface area contributed by atoms with Gasteiger partial charge in [-0.1, -0.05) is 12.8 Å². The van der Waals surface area contributed by atoms with Gasteiger partial charge in [-0.25, -0.2) is 0 Å². The third-order valence-corrected chi connectivity index (χ3v) is 18.6. The Bertz CT molecular complexity index is 509. The highest BCUT2D eigenvalue weighted by atomic mass is 28.5. The van der Waals surface area contributed by atoms with Crippen molar-refractivity contribution in [1.82, 2.24) is 0 Å². The van der Waals surface area contributed by atoms with Gasteiger partial charge in [-0.2, -0.15) is 0 Å². The summed E-state index contributed by atoms with van der Waals surface area (Å²) in [6.45, 7) is 19.8. The summed E-state index contributed by atoms with van der Waals surface area (Å²) in [6.07, 6.45) is 3.36. The molecule has 41 heavy (non-hydrogen) atoms. The van der Waals surface area contributed by atoms with Crippen LogP contribution in [0.2, 0.25) is 6.04 Å². The largest absolute Gasteiger partial charge is 0.672 e. The van der Waals surface area contributed by atoms with Gasteiger partial charge in [0.1, 0.15) is 0 Å². The zero-order valence-corrected chi connectivity index (χ0v) is 31.1. The minimum Gasteiger partial charge on any atom is -0.352 e. The van der Waals surface area contributed by atoms with Crippen molar-refractivity contribution in [2.45, 2.75) is 94.0 Å². The van der Waals surface area contributed by atoms with Gasteiger partial charge in [0.05, 0.1) is 0 Å². The first-order valence-electron chi connectivity index (χ1n) is 15.3. The molecule has 0 bridgehead atoms. The van der Waals surface area contributed by atoms with Crippen LogP contribution in [0.1, 0.15) is 88.0 Å². The van der Waals surface area contributed by atoms with Gasteiger partial charge in [0.2, 0.25) is 0 Å². The van der Waals surface area contributed by atoms with E-state index in [4.69, 9.17) is 57.9 Å². The Hall–Kier alpha value is 0.348. The summed E-state index contributed by atoms with van der Waals surface area (Å²) >= 11 is 0. The molecule has 0 unspecified atom stereocenters. The van der Waals surface area contributed by atoms with Crippen LogP contribution in [0.5, 0.6) is 0 Å². The molecule has 0 saturated carbocycles. The number of nitrogens with two attached hydrogens (primary N) is 1. The summed E-state index contributed by atoms with van der Waals surface area (Å²) in [5, 5.41) is 0. The Morgan fingerprint density at radius 1 is 0.366 bits per heavy atom. The van der Waals surface area contributed by atoms with Crippen molar-refractivity contribution >= 4 is 35.9 Å². The first-order valence-corrected chi connectivity index (χ1v) is 22.1. The van der Waals surface area contributed by atoms with E-state index in [0.29, 0.717) is 19.0 Å². The lowest BCUT2D eigenvalue weighted by atomic mass is 10.2. The molecule has 0 atom stereocenters. The fraction of sp³-hybridized carbons (Fsp3) is 1.00. The van der Waals surface area contributed by atoms with Gasteiger partial charge in [0.25, 0.3) is 0 Å². The number of hydrogen-bond acceptors (Lipinski definition) is 13. The topological polar surface area (TPSA) is 137 Å². The maximum atomic E-state index is 6.87. The minimum atomic E-state index is -4.07. The van der Waals surface area contributed by atoms with Gasteiger partial charge in [-0.3, -0.25) is 0 Å². The lowest BCUT2D eigenvalue weighted by molar-refractivity contribution is -0.0545.